The first-order valence-corrected chi connectivity index (χ1v) is 29.1. The van der Waals surface area contributed by atoms with Gasteiger partial charge in [-0.05, 0) is 112 Å². The third-order valence-corrected chi connectivity index (χ3v) is 13.1. The van der Waals surface area contributed by atoms with Gasteiger partial charge in [0.2, 0.25) is 0 Å². The Bertz CT molecular complexity index is 2060. The van der Waals surface area contributed by atoms with Gasteiger partial charge in [-0.3, -0.25) is 0 Å². The fourth-order valence-electron chi connectivity index (χ4n) is 7.19. The number of rotatable bonds is 38. The first-order chi connectivity index (χ1) is 34.6. The van der Waals surface area contributed by atoms with Crippen molar-refractivity contribution in [1.82, 2.24) is 0 Å². The first kappa shape index (κ1) is 69.4. The molecule has 0 aliphatic carbocycles. The molecule has 0 amide bonds. The van der Waals surface area contributed by atoms with Gasteiger partial charge in [-0.1, -0.05) is 156 Å². The summed E-state index contributed by atoms with van der Waals surface area (Å²) in [6.45, 7) is 8.67. The second-order valence-electron chi connectivity index (χ2n) is 17.7. The number of carbonyl (C=O) groups excluding carboxylic acids is 4. The van der Waals surface area contributed by atoms with E-state index in [0.717, 1.165) is 126 Å². The van der Waals surface area contributed by atoms with Crippen LogP contribution in [0.2, 0.25) is 0 Å². The van der Waals surface area contributed by atoms with Crippen molar-refractivity contribution < 1.29 is 64.1 Å². The van der Waals surface area contributed by atoms with E-state index < -0.39 is 53.9 Å². The maximum absolute atomic E-state index is 12.6. The number of unbranched alkanes of at least 4 members (excludes halogenated alkanes) is 24. The van der Waals surface area contributed by atoms with Crippen LogP contribution in [0.15, 0.2) is 95.5 Å². The molecule has 404 valence electrons. The Balaban J connectivity index is 0.00000140. The number of benzene rings is 2. The summed E-state index contributed by atoms with van der Waals surface area (Å²) in [6.07, 6.45) is 42.3. The maximum Gasteiger partial charge on any atom is 2.00 e. The molecule has 0 atom stereocenters. The third-order valence-electron chi connectivity index (χ3n) is 11.4. The molecule has 0 heterocycles. The number of esters is 4. The van der Waals surface area contributed by atoms with Crippen LogP contribution < -0.4 is 0 Å². The molecular formula is C56H82CaO14S2. The zero-order valence-electron chi connectivity index (χ0n) is 44.1. The van der Waals surface area contributed by atoms with Gasteiger partial charge in [-0.2, -0.15) is 0 Å². The number of carbonyl (C=O) groups is 4. The van der Waals surface area contributed by atoms with Crippen LogP contribution in [0.25, 0.3) is 0 Å². The maximum atomic E-state index is 12.6. The Morgan fingerprint density at radius 3 is 0.822 bits per heavy atom. The normalized spacial score (nSPS) is 11.7. The molecule has 0 aliphatic rings. The fourth-order valence-corrected chi connectivity index (χ4v) is 8.18. The van der Waals surface area contributed by atoms with Crippen molar-refractivity contribution in [3.8, 4) is 0 Å². The van der Waals surface area contributed by atoms with Crippen molar-refractivity contribution in [2.45, 2.75) is 217 Å². The predicted molar refractivity (Wildman–Crippen MR) is 285 cm³/mol. The van der Waals surface area contributed by atoms with E-state index in [-0.39, 0.29) is 60.0 Å². The number of ether oxygens (including phenoxy) is 4. The van der Waals surface area contributed by atoms with E-state index in [9.17, 15) is 45.1 Å². The Morgan fingerprint density at radius 1 is 0.370 bits per heavy atom. The van der Waals surface area contributed by atoms with E-state index in [1.165, 1.54) is 115 Å². The van der Waals surface area contributed by atoms with E-state index in [2.05, 4.69) is 27.7 Å². The molecule has 0 saturated carbocycles. The van der Waals surface area contributed by atoms with Crippen molar-refractivity contribution >= 4 is 81.9 Å². The average molecular weight is 1080 g/mol. The SMILES string of the molecule is CCCCCCCC/C=C/OC(=O)c1ccc(S(=O)(=O)[O-])cc1C(=O)O/C=C/CCCCCCCC.CCCCCCCC/C=C/OC(=O)c1ccc(S(=O)(=O)[O-])cc1C(=O)O/C=C/CCCCCCCC.[Ca+2]. The Hall–Kier alpha value is -3.64. The van der Waals surface area contributed by atoms with Gasteiger partial charge in [0.25, 0.3) is 0 Å². The predicted octanol–water partition coefficient (Wildman–Crippen LogP) is 14.5. The molecule has 0 aromatic heterocycles. The van der Waals surface area contributed by atoms with Gasteiger partial charge in [-0.15, -0.1) is 0 Å². The van der Waals surface area contributed by atoms with Crippen molar-refractivity contribution in [3.63, 3.8) is 0 Å². The summed E-state index contributed by atoms with van der Waals surface area (Å²) in [5, 5.41) is 0. The first-order valence-electron chi connectivity index (χ1n) is 26.3. The van der Waals surface area contributed by atoms with E-state index >= 15 is 0 Å². The van der Waals surface area contributed by atoms with Crippen LogP contribution in [-0.2, 0) is 39.2 Å². The van der Waals surface area contributed by atoms with E-state index in [4.69, 9.17) is 18.9 Å². The van der Waals surface area contributed by atoms with E-state index in [1.54, 1.807) is 24.3 Å². The van der Waals surface area contributed by atoms with Crippen LogP contribution in [0.3, 0.4) is 0 Å². The molecule has 17 heteroatoms. The van der Waals surface area contributed by atoms with Gasteiger partial charge in [-0.25, -0.2) is 36.0 Å². The molecule has 0 saturated heterocycles. The molecular weight excluding hydrogens is 1000 g/mol. The van der Waals surface area contributed by atoms with Crippen LogP contribution in [0.1, 0.15) is 249 Å². The quantitative estimate of drug-likeness (QED) is 0.0152. The second kappa shape index (κ2) is 43.6. The van der Waals surface area contributed by atoms with Gasteiger partial charge >= 0.3 is 61.6 Å². The van der Waals surface area contributed by atoms with Crippen LogP contribution in [0.5, 0.6) is 0 Å². The molecule has 0 aliphatic heterocycles. The largest absolute Gasteiger partial charge is 2.00 e. The molecule has 73 heavy (non-hydrogen) atoms. The summed E-state index contributed by atoms with van der Waals surface area (Å²) >= 11 is 0. The molecule has 0 radical (unpaired) electrons. The molecule has 2 rings (SSSR count). The standard InChI is InChI=1S/2C28H42O7S.Ca/c2*1-3-5-7-9-11-13-15-17-21-34-27(29)25-20-19-24(36(31,32)33)23-26(25)28(30)35-22-18-16-14-12-10-8-6-4-2;/h2*17-23H,3-16H2,1-2H3,(H,31,32,33);/q;;+2/p-2/b2*21-17+,22-18+;. The van der Waals surface area contributed by atoms with Gasteiger partial charge in [0.15, 0.2) is 0 Å². The minimum atomic E-state index is -4.82. The van der Waals surface area contributed by atoms with Crippen molar-refractivity contribution in [1.29, 1.82) is 0 Å². The van der Waals surface area contributed by atoms with Gasteiger partial charge in [0.1, 0.15) is 20.2 Å². The molecule has 0 N–H and O–H groups in total. The molecule has 0 spiro atoms. The smallest absolute Gasteiger partial charge is 0.744 e. The van der Waals surface area contributed by atoms with Crippen LogP contribution >= 0.6 is 0 Å². The Morgan fingerprint density at radius 2 is 0.589 bits per heavy atom. The monoisotopic (exact) mass is 1080 g/mol. The van der Waals surface area contributed by atoms with Crippen LogP contribution in [0, 0.1) is 0 Å². The number of hydrogen-bond acceptors (Lipinski definition) is 14. The van der Waals surface area contributed by atoms with Crippen molar-refractivity contribution in [2.75, 3.05) is 0 Å². The topological polar surface area (TPSA) is 220 Å². The van der Waals surface area contributed by atoms with Crippen LogP contribution in [-0.4, -0.2) is 87.6 Å². The van der Waals surface area contributed by atoms with Crippen LogP contribution in [0.4, 0.5) is 0 Å². The van der Waals surface area contributed by atoms with Crippen molar-refractivity contribution in [2.24, 2.45) is 0 Å². The number of allylic oxidation sites excluding steroid dienone is 4. The van der Waals surface area contributed by atoms with Gasteiger partial charge in [0, 0.05) is 0 Å². The summed E-state index contributed by atoms with van der Waals surface area (Å²) in [4.78, 5) is 49.0. The second-order valence-corrected chi connectivity index (χ2v) is 20.4. The fraction of sp³-hybridized carbons (Fsp3) is 0.571. The Labute approximate surface area is 467 Å². The Kier molecular flexibility index (Phi) is 41.4. The molecule has 0 fully saturated rings. The summed E-state index contributed by atoms with van der Waals surface area (Å²) < 4.78 is 88.9. The molecule has 2 aromatic rings. The molecule has 0 unspecified atom stereocenters. The zero-order valence-corrected chi connectivity index (χ0v) is 48.0. The van der Waals surface area contributed by atoms with E-state index in [1.807, 2.05) is 0 Å². The molecule has 2 aromatic carbocycles. The third kappa shape index (κ3) is 33.8. The number of hydrogen-bond donors (Lipinski definition) is 0. The average Bonchev–Trinajstić information content (AvgIpc) is 3.35. The minimum Gasteiger partial charge on any atom is -0.744 e. The zero-order chi connectivity index (χ0) is 53.3. The van der Waals surface area contributed by atoms with Crippen molar-refractivity contribution in [3.05, 3.63) is 108 Å². The van der Waals surface area contributed by atoms with Gasteiger partial charge in [0.05, 0.1) is 57.1 Å². The molecule has 14 nitrogen and oxygen atoms in total. The minimum absolute atomic E-state index is 0. The summed E-state index contributed by atoms with van der Waals surface area (Å²) in [5.74, 6) is -3.57. The summed E-state index contributed by atoms with van der Waals surface area (Å²) in [6, 6.07) is 5.83. The molecule has 0 bridgehead atoms. The summed E-state index contributed by atoms with van der Waals surface area (Å²) in [7, 11) is -9.64. The van der Waals surface area contributed by atoms with E-state index in [0.29, 0.717) is 0 Å². The van der Waals surface area contributed by atoms with Gasteiger partial charge < -0.3 is 28.1 Å². The summed E-state index contributed by atoms with van der Waals surface area (Å²) in [5.41, 5.74) is -1.04.